The number of ketones is 1. The molecular weight excluding hydrogens is 312 g/mol. The van der Waals surface area contributed by atoms with Gasteiger partial charge in [-0.2, -0.15) is 0 Å². The Morgan fingerprint density at radius 2 is 1.64 bits per heavy atom. The van der Waals surface area contributed by atoms with Gasteiger partial charge in [0, 0.05) is 31.5 Å². The first kappa shape index (κ1) is 17.4. The lowest BCUT2D eigenvalue weighted by molar-refractivity contribution is -0.130. The number of likely N-dealkylation sites (tertiary alicyclic amines) is 1. The summed E-state index contributed by atoms with van der Waals surface area (Å²) in [5, 5.41) is 0. The molecule has 1 amide bonds. The first-order chi connectivity index (χ1) is 12.2. The molecule has 0 radical (unpaired) electrons. The van der Waals surface area contributed by atoms with Crippen LogP contribution in [0.3, 0.4) is 0 Å². The number of nitrogens with two attached hydrogens (primary N) is 1. The molecule has 2 aromatic carbocycles. The van der Waals surface area contributed by atoms with Crippen LogP contribution in [0.4, 0.5) is 0 Å². The van der Waals surface area contributed by atoms with Crippen LogP contribution in [0, 0.1) is 5.92 Å². The third kappa shape index (κ3) is 4.34. The average molecular weight is 336 g/mol. The van der Waals surface area contributed by atoms with Gasteiger partial charge in [0.15, 0.2) is 5.78 Å². The fourth-order valence-electron chi connectivity index (χ4n) is 3.25. The molecule has 0 bridgehead atoms. The van der Waals surface area contributed by atoms with Gasteiger partial charge < -0.3 is 10.6 Å². The monoisotopic (exact) mass is 336 g/mol. The Morgan fingerprint density at radius 1 is 0.960 bits per heavy atom. The van der Waals surface area contributed by atoms with E-state index in [4.69, 9.17) is 5.73 Å². The largest absolute Gasteiger partial charge is 0.342 e. The molecule has 2 N–H and O–H groups in total. The Balaban J connectivity index is 1.54. The number of hydrogen-bond acceptors (Lipinski definition) is 3. The molecule has 1 atom stereocenters. The third-order valence-electron chi connectivity index (χ3n) is 4.85. The Labute approximate surface area is 148 Å². The lowest BCUT2D eigenvalue weighted by atomic mass is 10.0. The molecule has 130 valence electrons. The van der Waals surface area contributed by atoms with Gasteiger partial charge in [-0.1, -0.05) is 54.6 Å². The lowest BCUT2D eigenvalue weighted by Gasteiger charge is -2.16. The van der Waals surface area contributed by atoms with Crippen LogP contribution in [0.5, 0.6) is 0 Å². The van der Waals surface area contributed by atoms with Gasteiger partial charge >= 0.3 is 0 Å². The summed E-state index contributed by atoms with van der Waals surface area (Å²) in [6.07, 6.45) is 1.50. The molecule has 1 unspecified atom stereocenters. The molecule has 0 aliphatic carbocycles. The van der Waals surface area contributed by atoms with Gasteiger partial charge in [-0.05, 0) is 30.0 Å². The minimum atomic E-state index is 0.0162. The Kier molecular flexibility index (Phi) is 5.61. The summed E-state index contributed by atoms with van der Waals surface area (Å²) in [4.78, 5) is 26.4. The van der Waals surface area contributed by atoms with Crippen LogP contribution in [0.2, 0.25) is 0 Å². The molecule has 2 aromatic rings. The summed E-state index contributed by atoms with van der Waals surface area (Å²) >= 11 is 0. The van der Waals surface area contributed by atoms with Crippen LogP contribution in [0.1, 0.15) is 29.6 Å². The summed E-state index contributed by atoms with van der Waals surface area (Å²) in [5.74, 6) is 0.484. The number of nitrogens with zero attached hydrogens (tertiary/aromatic N) is 1. The van der Waals surface area contributed by atoms with E-state index in [-0.39, 0.29) is 24.5 Å². The predicted octanol–water partition coefficient (Wildman–Crippen LogP) is 3.12. The van der Waals surface area contributed by atoms with Gasteiger partial charge in [0.05, 0.1) is 0 Å². The second-order valence-corrected chi connectivity index (χ2v) is 6.60. The summed E-state index contributed by atoms with van der Waals surface area (Å²) in [7, 11) is 0. The number of carbonyl (C=O) groups is 2. The van der Waals surface area contributed by atoms with Gasteiger partial charge in [0.1, 0.15) is 0 Å². The zero-order chi connectivity index (χ0) is 17.6. The second kappa shape index (κ2) is 8.08. The van der Waals surface area contributed by atoms with E-state index in [2.05, 4.69) is 0 Å². The molecule has 25 heavy (non-hydrogen) atoms. The topological polar surface area (TPSA) is 63.4 Å². The lowest BCUT2D eigenvalue weighted by Crippen LogP contribution is -2.30. The van der Waals surface area contributed by atoms with Crippen molar-refractivity contribution in [2.24, 2.45) is 11.7 Å². The second-order valence-electron chi connectivity index (χ2n) is 6.60. The standard InChI is InChI=1S/C21H24N2O2/c22-14-16-12-13-23(15-16)21(25)11-10-20(24)19-8-6-18(7-9-19)17-4-2-1-3-5-17/h1-9,16H,10-15,22H2. The van der Waals surface area contributed by atoms with Gasteiger partial charge in [-0.25, -0.2) is 0 Å². The van der Waals surface area contributed by atoms with Crippen LogP contribution in [0.15, 0.2) is 54.6 Å². The van der Waals surface area contributed by atoms with Gasteiger partial charge in [0.25, 0.3) is 0 Å². The fraction of sp³-hybridized carbons (Fsp3) is 0.333. The van der Waals surface area contributed by atoms with E-state index in [1.807, 2.05) is 59.5 Å². The normalized spacial score (nSPS) is 16.8. The molecule has 1 fully saturated rings. The molecule has 0 saturated carbocycles. The van der Waals surface area contributed by atoms with E-state index in [0.29, 0.717) is 18.0 Å². The van der Waals surface area contributed by atoms with Gasteiger partial charge in [-0.3, -0.25) is 9.59 Å². The van der Waals surface area contributed by atoms with Crippen LogP contribution in [0.25, 0.3) is 11.1 Å². The van der Waals surface area contributed by atoms with E-state index in [9.17, 15) is 9.59 Å². The maximum Gasteiger partial charge on any atom is 0.223 e. The quantitative estimate of drug-likeness (QED) is 0.824. The SMILES string of the molecule is NCC1CCN(C(=O)CCC(=O)c2ccc(-c3ccccc3)cc2)C1. The number of amides is 1. The van der Waals surface area contributed by atoms with Gasteiger partial charge in [-0.15, -0.1) is 0 Å². The Hall–Kier alpha value is -2.46. The summed E-state index contributed by atoms with van der Waals surface area (Å²) < 4.78 is 0. The van der Waals surface area contributed by atoms with Crippen molar-refractivity contribution in [3.05, 3.63) is 60.2 Å². The van der Waals surface area contributed by atoms with E-state index in [0.717, 1.165) is 30.6 Å². The van der Waals surface area contributed by atoms with Crippen molar-refractivity contribution < 1.29 is 9.59 Å². The van der Waals surface area contributed by atoms with Crippen molar-refractivity contribution in [1.29, 1.82) is 0 Å². The Bertz CT molecular complexity index is 725. The number of benzene rings is 2. The van der Waals surface area contributed by atoms with Crippen LogP contribution in [-0.2, 0) is 4.79 Å². The van der Waals surface area contributed by atoms with Crippen molar-refractivity contribution in [3.63, 3.8) is 0 Å². The van der Waals surface area contributed by atoms with E-state index in [1.165, 1.54) is 0 Å². The van der Waals surface area contributed by atoms with Crippen molar-refractivity contribution >= 4 is 11.7 Å². The molecular formula is C21H24N2O2. The van der Waals surface area contributed by atoms with Gasteiger partial charge in [0.2, 0.25) is 5.91 Å². The highest BCUT2D eigenvalue weighted by Crippen LogP contribution is 2.20. The smallest absolute Gasteiger partial charge is 0.223 e. The average Bonchev–Trinajstić information content (AvgIpc) is 3.16. The first-order valence-electron chi connectivity index (χ1n) is 8.84. The zero-order valence-electron chi connectivity index (χ0n) is 14.4. The molecule has 1 aliphatic rings. The number of Topliss-reactive ketones (excluding diaryl/α,β-unsaturated/α-hetero) is 1. The highest BCUT2D eigenvalue weighted by Gasteiger charge is 2.25. The van der Waals surface area contributed by atoms with Crippen LogP contribution >= 0.6 is 0 Å². The van der Waals surface area contributed by atoms with Crippen molar-refractivity contribution in [3.8, 4) is 11.1 Å². The Morgan fingerprint density at radius 3 is 2.28 bits per heavy atom. The highest BCUT2D eigenvalue weighted by molar-refractivity contribution is 5.98. The number of hydrogen-bond donors (Lipinski definition) is 1. The number of rotatable bonds is 6. The molecule has 4 nitrogen and oxygen atoms in total. The van der Waals surface area contributed by atoms with E-state index in [1.54, 1.807) is 0 Å². The maximum absolute atomic E-state index is 12.3. The third-order valence-corrected chi connectivity index (χ3v) is 4.85. The molecule has 0 aromatic heterocycles. The van der Waals surface area contributed by atoms with Crippen molar-refractivity contribution in [2.45, 2.75) is 19.3 Å². The minimum absolute atomic E-state index is 0.0162. The summed E-state index contributed by atoms with van der Waals surface area (Å²) in [6, 6.07) is 17.6. The zero-order valence-corrected chi connectivity index (χ0v) is 14.4. The molecule has 1 heterocycles. The maximum atomic E-state index is 12.3. The fourth-order valence-corrected chi connectivity index (χ4v) is 3.25. The summed E-state index contributed by atoms with van der Waals surface area (Å²) in [6.45, 7) is 2.12. The molecule has 4 heteroatoms. The minimum Gasteiger partial charge on any atom is -0.342 e. The highest BCUT2D eigenvalue weighted by atomic mass is 16.2. The molecule has 0 spiro atoms. The van der Waals surface area contributed by atoms with Crippen molar-refractivity contribution in [1.82, 2.24) is 4.90 Å². The predicted molar refractivity (Wildman–Crippen MR) is 99.2 cm³/mol. The molecule has 3 rings (SSSR count). The van der Waals surface area contributed by atoms with E-state index < -0.39 is 0 Å². The summed E-state index contributed by atoms with van der Waals surface area (Å²) in [5.41, 5.74) is 8.52. The molecule has 1 saturated heterocycles. The van der Waals surface area contributed by atoms with Crippen LogP contribution in [-0.4, -0.2) is 36.2 Å². The first-order valence-corrected chi connectivity index (χ1v) is 8.84. The van der Waals surface area contributed by atoms with Crippen LogP contribution < -0.4 is 5.73 Å². The van der Waals surface area contributed by atoms with E-state index >= 15 is 0 Å². The molecule has 1 aliphatic heterocycles. The van der Waals surface area contributed by atoms with Crippen molar-refractivity contribution in [2.75, 3.05) is 19.6 Å². The number of carbonyl (C=O) groups excluding carboxylic acids is 2.